The van der Waals surface area contributed by atoms with Crippen molar-refractivity contribution in [3.63, 3.8) is 0 Å². The average molecular weight is 303 g/mol. The van der Waals surface area contributed by atoms with E-state index >= 15 is 0 Å². The van der Waals surface area contributed by atoms with Crippen LogP contribution in [0.25, 0.3) is 0 Å². The number of rotatable bonds is 3. The van der Waals surface area contributed by atoms with Crippen molar-refractivity contribution < 1.29 is 4.84 Å². The number of hydrogen-bond donors (Lipinski definition) is 0. The number of hydrogen-bond acceptors (Lipinski definition) is 2. The topological polar surface area (TPSA) is 21.6 Å². The highest BCUT2D eigenvalue weighted by Crippen LogP contribution is 2.10. The van der Waals surface area contributed by atoms with E-state index in [1.165, 1.54) is 5.56 Å². The SMILES string of the molecule is Cc1ccc(/C(I)=N\OC(C)C)cc1. The molecule has 0 unspecified atom stereocenters. The van der Waals surface area contributed by atoms with Crippen LogP contribution in [0.4, 0.5) is 0 Å². The molecule has 0 amide bonds. The molecule has 0 atom stereocenters. The van der Waals surface area contributed by atoms with Gasteiger partial charge in [-0.05, 0) is 43.4 Å². The number of oxime groups is 1. The molecule has 0 N–H and O–H groups in total. The second kappa shape index (κ2) is 5.34. The summed E-state index contributed by atoms with van der Waals surface area (Å²) in [5.41, 5.74) is 2.35. The first kappa shape index (κ1) is 11.5. The van der Waals surface area contributed by atoms with E-state index in [-0.39, 0.29) is 6.10 Å². The van der Waals surface area contributed by atoms with Gasteiger partial charge in [0.15, 0.2) is 0 Å². The lowest BCUT2D eigenvalue weighted by atomic mass is 10.2. The Morgan fingerprint density at radius 1 is 1.29 bits per heavy atom. The van der Waals surface area contributed by atoms with Crippen LogP contribution in [0.2, 0.25) is 0 Å². The number of halogens is 1. The molecule has 0 fully saturated rings. The van der Waals surface area contributed by atoms with Crippen LogP contribution in [0.5, 0.6) is 0 Å². The molecule has 0 spiro atoms. The highest BCUT2D eigenvalue weighted by atomic mass is 127. The third-order valence-corrected chi connectivity index (χ3v) is 2.45. The van der Waals surface area contributed by atoms with Crippen LogP contribution in [0, 0.1) is 6.92 Å². The molecule has 0 aliphatic carbocycles. The quantitative estimate of drug-likeness (QED) is 0.476. The van der Waals surface area contributed by atoms with Crippen LogP contribution in [-0.2, 0) is 4.84 Å². The third kappa shape index (κ3) is 3.65. The van der Waals surface area contributed by atoms with Crippen LogP contribution >= 0.6 is 22.6 Å². The summed E-state index contributed by atoms with van der Waals surface area (Å²) in [6.07, 6.45) is 0.130. The molecule has 0 saturated carbocycles. The molecule has 0 radical (unpaired) electrons. The summed E-state index contributed by atoms with van der Waals surface area (Å²) in [5, 5.41) is 4.03. The van der Waals surface area contributed by atoms with Crippen molar-refractivity contribution in [2.45, 2.75) is 26.9 Å². The average Bonchev–Trinajstić information content (AvgIpc) is 2.15. The Balaban J connectivity index is 2.73. The van der Waals surface area contributed by atoms with E-state index in [2.05, 4.69) is 46.8 Å². The van der Waals surface area contributed by atoms with Gasteiger partial charge < -0.3 is 4.84 Å². The molecular formula is C11H14INO. The number of aryl methyl sites for hydroxylation is 1. The van der Waals surface area contributed by atoms with Gasteiger partial charge in [0.25, 0.3) is 0 Å². The van der Waals surface area contributed by atoms with Crippen LogP contribution in [-0.4, -0.2) is 9.82 Å². The fraction of sp³-hybridized carbons (Fsp3) is 0.364. The van der Waals surface area contributed by atoms with Gasteiger partial charge in [0.2, 0.25) is 0 Å². The van der Waals surface area contributed by atoms with Crippen molar-refractivity contribution in [1.82, 2.24) is 0 Å². The van der Waals surface area contributed by atoms with Gasteiger partial charge >= 0.3 is 0 Å². The minimum absolute atomic E-state index is 0.130. The summed E-state index contributed by atoms with van der Waals surface area (Å²) in [7, 11) is 0. The monoisotopic (exact) mass is 303 g/mol. The molecule has 0 saturated heterocycles. The van der Waals surface area contributed by atoms with Crippen molar-refractivity contribution >= 4 is 26.3 Å². The van der Waals surface area contributed by atoms with E-state index in [4.69, 9.17) is 4.84 Å². The van der Waals surface area contributed by atoms with Gasteiger partial charge in [-0.1, -0.05) is 35.0 Å². The summed E-state index contributed by atoms with van der Waals surface area (Å²) < 4.78 is 0.885. The summed E-state index contributed by atoms with van der Waals surface area (Å²) in [6, 6.07) is 8.23. The first-order valence-electron chi connectivity index (χ1n) is 4.56. The minimum Gasteiger partial charge on any atom is -0.392 e. The second-order valence-electron chi connectivity index (χ2n) is 3.40. The molecular weight excluding hydrogens is 289 g/mol. The third-order valence-electron chi connectivity index (χ3n) is 1.63. The van der Waals surface area contributed by atoms with Crippen molar-refractivity contribution in [1.29, 1.82) is 0 Å². The fourth-order valence-corrected chi connectivity index (χ4v) is 1.37. The molecule has 1 aromatic rings. The van der Waals surface area contributed by atoms with E-state index in [1.807, 2.05) is 26.0 Å². The fourth-order valence-electron chi connectivity index (χ4n) is 0.895. The highest BCUT2D eigenvalue weighted by Gasteiger charge is 1.99. The molecule has 1 rings (SSSR count). The summed E-state index contributed by atoms with van der Waals surface area (Å²) >= 11 is 2.18. The lowest BCUT2D eigenvalue weighted by Crippen LogP contribution is -1.99. The van der Waals surface area contributed by atoms with Crippen LogP contribution in [0.1, 0.15) is 25.0 Å². The van der Waals surface area contributed by atoms with E-state index < -0.39 is 0 Å². The van der Waals surface area contributed by atoms with Crippen molar-refractivity contribution in [3.8, 4) is 0 Å². The normalized spacial score (nSPS) is 11.9. The molecule has 76 valence electrons. The van der Waals surface area contributed by atoms with Crippen molar-refractivity contribution in [2.75, 3.05) is 0 Å². The molecule has 0 heterocycles. The van der Waals surface area contributed by atoms with E-state index in [9.17, 15) is 0 Å². The Bertz CT molecular complexity index is 317. The summed E-state index contributed by atoms with van der Waals surface area (Å²) in [6.45, 7) is 5.99. The molecule has 3 heteroatoms. The zero-order chi connectivity index (χ0) is 10.6. The van der Waals surface area contributed by atoms with Crippen LogP contribution < -0.4 is 0 Å². The maximum Gasteiger partial charge on any atom is 0.147 e. The smallest absolute Gasteiger partial charge is 0.147 e. The van der Waals surface area contributed by atoms with Gasteiger partial charge in [0.1, 0.15) is 9.82 Å². The molecule has 0 aliphatic rings. The predicted octanol–water partition coefficient (Wildman–Crippen LogP) is 3.52. The van der Waals surface area contributed by atoms with Crippen molar-refractivity contribution in [3.05, 3.63) is 35.4 Å². The zero-order valence-electron chi connectivity index (χ0n) is 8.62. The molecule has 0 aliphatic heterocycles. The molecule has 2 nitrogen and oxygen atoms in total. The predicted molar refractivity (Wildman–Crippen MR) is 68.0 cm³/mol. The van der Waals surface area contributed by atoms with E-state index in [0.717, 1.165) is 9.28 Å². The Kier molecular flexibility index (Phi) is 4.38. The van der Waals surface area contributed by atoms with E-state index in [1.54, 1.807) is 0 Å². The first-order chi connectivity index (χ1) is 6.59. The Hall–Kier alpha value is -0.580. The largest absolute Gasteiger partial charge is 0.392 e. The van der Waals surface area contributed by atoms with Gasteiger partial charge in [0, 0.05) is 5.56 Å². The number of nitrogens with zero attached hydrogens (tertiary/aromatic N) is 1. The molecule has 0 bridgehead atoms. The Morgan fingerprint density at radius 3 is 2.36 bits per heavy atom. The minimum atomic E-state index is 0.130. The Morgan fingerprint density at radius 2 is 1.86 bits per heavy atom. The first-order valence-corrected chi connectivity index (χ1v) is 5.64. The van der Waals surface area contributed by atoms with Crippen LogP contribution in [0.15, 0.2) is 29.4 Å². The maximum atomic E-state index is 5.17. The van der Waals surface area contributed by atoms with Crippen molar-refractivity contribution in [2.24, 2.45) is 5.16 Å². The number of benzene rings is 1. The van der Waals surface area contributed by atoms with Gasteiger partial charge in [-0.25, -0.2) is 0 Å². The zero-order valence-corrected chi connectivity index (χ0v) is 10.8. The molecule has 14 heavy (non-hydrogen) atoms. The maximum absolute atomic E-state index is 5.17. The second-order valence-corrected chi connectivity index (χ2v) is 4.42. The Labute approximate surface area is 98.5 Å². The lowest BCUT2D eigenvalue weighted by molar-refractivity contribution is 0.0871. The highest BCUT2D eigenvalue weighted by molar-refractivity contribution is 14.1. The van der Waals surface area contributed by atoms with Gasteiger partial charge in [0.05, 0.1) is 0 Å². The summed E-state index contributed by atoms with van der Waals surface area (Å²) in [5.74, 6) is 0. The molecule has 1 aromatic carbocycles. The standard InChI is InChI=1S/C11H14INO/c1-8(2)14-13-11(12)10-6-4-9(3)5-7-10/h4-8H,1-3H3/b13-11+. The van der Waals surface area contributed by atoms with E-state index in [0.29, 0.717) is 0 Å². The van der Waals surface area contributed by atoms with Gasteiger partial charge in [-0.3, -0.25) is 0 Å². The van der Waals surface area contributed by atoms with Gasteiger partial charge in [-0.2, -0.15) is 0 Å². The lowest BCUT2D eigenvalue weighted by Gasteiger charge is -2.03. The van der Waals surface area contributed by atoms with Gasteiger partial charge in [-0.15, -0.1) is 0 Å². The van der Waals surface area contributed by atoms with Crippen LogP contribution in [0.3, 0.4) is 0 Å². The molecule has 0 aromatic heterocycles. The summed E-state index contributed by atoms with van der Waals surface area (Å²) in [4.78, 5) is 5.17.